The van der Waals surface area contributed by atoms with E-state index >= 15 is 0 Å². The lowest BCUT2D eigenvalue weighted by Crippen LogP contribution is -2.45. The zero-order valence-electron chi connectivity index (χ0n) is 28.9. The van der Waals surface area contributed by atoms with Crippen LogP contribution >= 0.6 is 17.2 Å². The van der Waals surface area contributed by atoms with Crippen molar-refractivity contribution >= 4 is 17.2 Å². The van der Waals surface area contributed by atoms with Gasteiger partial charge >= 0.3 is 17.2 Å². The van der Waals surface area contributed by atoms with Crippen LogP contribution in [-0.4, -0.2) is 44.5 Å². The fourth-order valence-electron chi connectivity index (χ4n) is 5.36. The van der Waals surface area contributed by atoms with Crippen LogP contribution in [0.3, 0.4) is 0 Å². The lowest BCUT2D eigenvalue weighted by atomic mass is 9.69. The van der Waals surface area contributed by atoms with Gasteiger partial charge in [0.25, 0.3) is 0 Å². The summed E-state index contributed by atoms with van der Waals surface area (Å²) < 4.78 is 17.9. The van der Waals surface area contributed by atoms with Crippen LogP contribution in [-0.2, 0) is 30.7 Å². The highest BCUT2D eigenvalue weighted by molar-refractivity contribution is 7.39. The average molecular weight is 655 g/mol. The number of rotatable bonds is 11. The smallest absolute Gasteiger partial charge is 0.327 e. The van der Waals surface area contributed by atoms with E-state index in [1.165, 1.54) is 0 Å². The summed E-state index contributed by atoms with van der Waals surface area (Å²) >= 11 is 0. The molecule has 0 heterocycles. The van der Waals surface area contributed by atoms with Crippen LogP contribution in [0.25, 0.3) is 0 Å². The van der Waals surface area contributed by atoms with Gasteiger partial charge in [0.1, 0.15) is 11.9 Å². The van der Waals surface area contributed by atoms with E-state index in [1.807, 2.05) is 19.1 Å². The molecule has 0 saturated heterocycles. The number of hydrogen-bond donors (Lipinski definition) is 5. The molecule has 0 amide bonds. The van der Waals surface area contributed by atoms with Crippen LogP contribution in [0.2, 0.25) is 0 Å². The van der Waals surface area contributed by atoms with Crippen molar-refractivity contribution in [1.29, 1.82) is 0 Å². The number of benzene rings is 2. The van der Waals surface area contributed by atoms with Crippen molar-refractivity contribution in [3.63, 3.8) is 0 Å². The van der Waals surface area contributed by atoms with Gasteiger partial charge in [0.2, 0.25) is 0 Å². The first-order valence-electron chi connectivity index (χ1n) is 15.0. The van der Waals surface area contributed by atoms with Crippen molar-refractivity contribution in [2.24, 2.45) is 5.41 Å². The van der Waals surface area contributed by atoms with Crippen LogP contribution < -0.4 is 4.74 Å². The number of aliphatic hydroxyl groups excluding tert-OH is 1. The molecule has 2 rings (SSSR count). The van der Waals surface area contributed by atoms with E-state index in [-0.39, 0.29) is 34.9 Å². The minimum Gasteiger partial charge on any atom is -0.485 e. The molecule has 0 fully saturated rings. The summed E-state index contributed by atoms with van der Waals surface area (Å²) in [5.41, 5.74) is 3.32. The van der Waals surface area contributed by atoms with Gasteiger partial charge in [-0.1, -0.05) is 113 Å². The predicted molar refractivity (Wildman–Crippen MR) is 180 cm³/mol. The highest BCUT2D eigenvalue weighted by Crippen LogP contribution is 2.50. The largest absolute Gasteiger partial charge is 0.485 e. The Morgan fingerprint density at radius 3 is 1.41 bits per heavy atom. The Hall–Kier alpha value is -1.18. The molecule has 8 nitrogen and oxygen atoms in total. The van der Waals surface area contributed by atoms with Gasteiger partial charge < -0.3 is 38.5 Å². The normalized spacial score (nSPS) is 14.5. The van der Waals surface area contributed by atoms with Gasteiger partial charge in [-0.3, -0.25) is 0 Å². The third kappa shape index (κ3) is 9.91. The maximum Gasteiger partial charge on any atom is 0.327 e. The highest BCUT2D eigenvalue weighted by Gasteiger charge is 2.47. The molecule has 1 unspecified atom stereocenters. The van der Waals surface area contributed by atoms with Crippen molar-refractivity contribution in [3.8, 4) is 5.75 Å². The summed E-state index contributed by atoms with van der Waals surface area (Å²) in [6.45, 7) is 26.2. The minimum absolute atomic E-state index is 0.108. The van der Waals surface area contributed by atoms with Gasteiger partial charge in [-0.15, -0.1) is 0 Å². The molecule has 2 aromatic rings. The van der Waals surface area contributed by atoms with Crippen LogP contribution in [0.5, 0.6) is 5.75 Å². The quantitative estimate of drug-likeness (QED) is 0.156. The summed E-state index contributed by atoms with van der Waals surface area (Å²) in [6.07, 6.45) is -0.969. The molecule has 0 aromatic heterocycles. The molecule has 0 saturated carbocycles. The van der Waals surface area contributed by atoms with E-state index in [1.54, 1.807) is 0 Å². The maximum atomic E-state index is 11.2. The van der Waals surface area contributed by atoms with Gasteiger partial charge in [-0.2, -0.15) is 0 Å². The van der Waals surface area contributed by atoms with E-state index in [9.17, 15) is 24.7 Å². The summed E-state index contributed by atoms with van der Waals surface area (Å²) in [5.74, 6) is 0.596. The Bertz CT molecular complexity index is 1200. The Morgan fingerprint density at radius 2 is 1.07 bits per heavy atom. The molecule has 1 atom stereocenters. The van der Waals surface area contributed by atoms with Crippen LogP contribution in [0.1, 0.15) is 123 Å². The van der Waals surface area contributed by atoms with Crippen molar-refractivity contribution < 1.29 is 38.5 Å². The van der Waals surface area contributed by atoms with Crippen LogP contribution in [0.4, 0.5) is 0 Å². The first kappa shape index (κ1) is 39.0. The molecular weight excluding hydrogens is 598 g/mol. The zero-order valence-corrected chi connectivity index (χ0v) is 30.7. The maximum absolute atomic E-state index is 11.2. The highest BCUT2D eigenvalue weighted by atomic mass is 31.2. The van der Waals surface area contributed by atoms with Crippen molar-refractivity contribution in [2.75, 3.05) is 19.8 Å². The predicted octanol–water partition coefficient (Wildman–Crippen LogP) is 7.74. The fraction of sp³-hybridized carbons (Fsp3) is 0.647. The van der Waals surface area contributed by atoms with Gasteiger partial charge in [-0.05, 0) is 56.9 Å². The number of hydrogen-bond acceptors (Lipinski definition) is 8. The first-order valence-corrected chi connectivity index (χ1v) is 17.4. The van der Waals surface area contributed by atoms with Gasteiger partial charge in [0.05, 0.1) is 25.2 Å². The average Bonchev–Trinajstić information content (AvgIpc) is 2.85. The van der Waals surface area contributed by atoms with Gasteiger partial charge in [0.15, 0.2) is 0 Å². The molecule has 2 aromatic carbocycles. The molecule has 0 aliphatic heterocycles. The Balaban J connectivity index is 3.14. The van der Waals surface area contributed by atoms with E-state index in [0.717, 1.165) is 33.4 Å². The lowest BCUT2D eigenvalue weighted by molar-refractivity contribution is -0.0669. The molecule has 0 aliphatic carbocycles. The summed E-state index contributed by atoms with van der Waals surface area (Å²) in [6, 6.07) is 10.4. The molecule has 44 heavy (non-hydrogen) atoms. The van der Waals surface area contributed by atoms with E-state index < -0.39 is 35.3 Å². The molecule has 0 aliphatic rings. The Morgan fingerprint density at radius 1 is 0.636 bits per heavy atom. The summed E-state index contributed by atoms with van der Waals surface area (Å²) in [7, 11) is -5.60. The number of aliphatic hydroxyl groups is 1. The molecule has 5 N–H and O–H groups in total. The topological polar surface area (TPSA) is 129 Å². The van der Waals surface area contributed by atoms with Crippen molar-refractivity contribution in [1.82, 2.24) is 0 Å². The molecular formula is C34H56O8P2. The molecule has 10 heteroatoms. The number of aryl methyl sites for hydroxylation is 1. The van der Waals surface area contributed by atoms with E-state index in [0.29, 0.717) is 5.75 Å². The first-order chi connectivity index (χ1) is 19.8. The van der Waals surface area contributed by atoms with E-state index in [2.05, 4.69) is 101 Å². The number of ether oxygens (including phenoxy) is 1. The van der Waals surface area contributed by atoms with Gasteiger partial charge in [0, 0.05) is 5.56 Å². The lowest BCUT2D eigenvalue weighted by Gasteiger charge is -2.44. The molecule has 0 radical (unpaired) electrons. The Labute approximate surface area is 267 Å². The Kier molecular flexibility index (Phi) is 12.7. The summed E-state index contributed by atoms with van der Waals surface area (Å²) in [5, 5.41) is 11.2. The SMILES string of the molecule is Cc1cc(C(C)(C)C)c(C(Oc2ccc(C(C)(C)C)cc2C(C)(C)C)C(CO)(COP(O)O)COP(O)O)c(C(C)(C)C)c1. The van der Waals surface area contributed by atoms with Crippen molar-refractivity contribution in [2.45, 2.75) is 118 Å². The van der Waals surface area contributed by atoms with Crippen LogP contribution in [0, 0.1) is 12.3 Å². The third-order valence-corrected chi connectivity index (χ3v) is 8.63. The second-order valence-corrected chi connectivity index (χ2v) is 17.6. The van der Waals surface area contributed by atoms with Crippen molar-refractivity contribution in [3.05, 3.63) is 63.7 Å². The minimum atomic E-state index is -2.80. The van der Waals surface area contributed by atoms with Gasteiger partial charge in [-0.25, -0.2) is 0 Å². The molecule has 250 valence electrons. The zero-order chi connectivity index (χ0) is 34.1. The van der Waals surface area contributed by atoms with Crippen LogP contribution in [0.15, 0.2) is 30.3 Å². The third-order valence-electron chi connectivity index (χ3n) is 7.91. The fourth-order valence-corrected chi connectivity index (χ4v) is 6.11. The molecule has 0 spiro atoms. The summed E-state index contributed by atoms with van der Waals surface area (Å²) in [4.78, 5) is 39.3. The monoisotopic (exact) mass is 654 g/mol. The second-order valence-electron chi connectivity index (χ2n) is 16.1. The second kappa shape index (κ2) is 14.3. The molecule has 0 bridgehead atoms. The standard InChI is InChI=1S/C34H56O8P2/c1-22-16-25(32(8,9)10)28(26(17-22)33(11,12)13)29(34(19-35,20-40-43(36)37)21-41-44(38)39)42-27-15-14-23(30(2,3)4)18-24(27)31(5,6)7/h14-18,29,35-39H,19-21H2,1-13H3. The van der Waals surface area contributed by atoms with E-state index in [4.69, 9.17) is 13.8 Å².